The Labute approximate surface area is 186 Å². The fraction of sp³-hybridized carbons (Fsp3) is 0.261. The molecule has 1 aliphatic rings. The molecule has 0 saturated heterocycles. The maximum atomic E-state index is 13.5. The lowest BCUT2D eigenvalue weighted by Crippen LogP contribution is -2.32. The summed E-state index contributed by atoms with van der Waals surface area (Å²) in [4.78, 5) is 31.9. The van der Waals surface area contributed by atoms with Crippen molar-refractivity contribution in [3.8, 4) is 5.69 Å². The highest BCUT2D eigenvalue weighted by atomic mass is 32.2. The van der Waals surface area contributed by atoms with Gasteiger partial charge in [-0.25, -0.2) is 0 Å². The number of aromatic nitrogens is 2. The number of nitrogens with zero attached hydrogens (tertiary/aromatic N) is 3. The first kappa shape index (κ1) is 22.1. The molecule has 5 nitrogen and oxygen atoms in total. The Balaban J connectivity index is 2.06. The number of fused-ring (bicyclic) bond motifs is 3. The minimum absolute atomic E-state index is 0.0275. The molecular formula is C23H20F3N3O2S. The molecule has 0 fully saturated rings. The van der Waals surface area contributed by atoms with Gasteiger partial charge in [-0.1, -0.05) is 6.07 Å². The molecular weight excluding hydrogens is 439 g/mol. The number of alkyl halides is 3. The number of amides is 1. The molecule has 0 aliphatic carbocycles. The Kier molecular flexibility index (Phi) is 5.62. The third kappa shape index (κ3) is 3.92. The number of thioether (sulfide) groups is 1. The highest BCUT2D eigenvalue weighted by Gasteiger charge is 2.34. The van der Waals surface area contributed by atoms with Gasteiger partial charge in [-0.05, 0) is 36.8 Å². The smallest absolute Gasteiger partial charge is 0.345 e. The van der Waals surface area contributed by atoms with Gasteiger partial charge in [-0.15, -0.1) is 11.8 Å². The minimum atomic E-state index is -4.52. The Morgan fingerprint density at radius 1 is 1.22 bits per heavy atom. The van der Waals surface area contributed by atoms with E-state index in [1.54, 1.807) is 44.0 Å². The highest BCUT2D eigenvalue weighted by molar-refractivity contribution is 7.99. The number of carbonyl (C=O) groups is 1. The monoisotopic (exact) mass is 459 g/mol. The van der Waals surface area contributed by atoms with E-state index in [-0.39, 0.29) is 17.2 Å². The van der Waals surface area contributed by atoms with Crippen molar-refractivity contribution < 1.29 is 18.0 Å². The van der Waals surface area contributed by atoms with Crippen LogP contribution >= 0.6 is 11.8 Å². The van der Waals surface area contributed by atoms with Gasteiger partial charge in [0, 0.05) is 60.5 Å². The van der Waals surface area contributed by atoms with Gasteiger partial charge < -0.3 is 9.47 Å². The first-order chi connectivity index (χ1) is 15.1. The Hall–Kier alpha value is -3.07. The lowest BCUT2D eigenvalue weighted by molar-refractivity contribution is -0.137. The molecule has 9 heteroatoms. The minimum Gasteiger partial charge on any atom is -0.345 e. The van der Waals surface area contributed by atoms with Crippen LogP contribution in [0.2, 0.25) is 0 Å². The summed E-state index contributed by atoms with van der Waals surface area (Å²) in [5.41, 5.74) is 0.756. The van der Waals surface area contributed by atoms with Crippen LogP contribution in [0.15, 0.2) is 58.5 Å². The van der Waals surface area contributed by atoms with Gasteiger partial charge in [-0.3, -0.25) is 14.6 Å². The van der Waals surface area contributed by atoms with Crippen molar-refractivity contribution >= 4 is 17.7 Å². The van der Waals surface area contributed by atoms with Crippen molar-refractivity contribution in [2.45, 2.75) is 29.7 Å². The van der Waals surface area contributed by atoms with E-state index < -0.39 is 23.1 Å². The average Bonchev–Trinajstić information content (AvgIpc) is 2.90. The van der Waals surface area contributed by atoms with Crippen LogP contribution in [0.4, 0.5) is 13.2 Å². The number of benzene rings is 1. The van der Waals surface area contributed by atoms with Crippen molar-refractivity contribution in [2.24, 2.45) is 0 Å². The Morgan fingerprint density at radius 3 is 2.59 bits per heavy atom. The molecule has 1 atom stereocenters. The largest absolute Gasteiger partial charge is 0.416 e. The van der Waals surface area contributed by atoms with Crippen molar-refractivity contribution in [3.63, 3.8) is 0 Å². The molecule has 0 N–H and O–H groups in total. The molecule has 166 valence electrons. The maximum Gasteiger partial charge on any atom is 0.416 e. The summed E-state index contributed by atoms with van der Waals surface area (Å²) in [5, 5.41) is -0.247. The van der Waals surface area contributed by atoms with Crippen LogP contribution in [0.3, 0.4) is 0 Å². The number of aryl methyl sites for hydroxylation is 1. The van der Waals surface area contributed by atoms with E-state index in [0.717, 1.165) is 17.7 Å². The van der Waals surface area contributed by atoms with E-state index in [2.05, 4.69) is 4.98 Å². The van der Waals surface area contributed by atoms with E-state index in [1.165, 1.54) is 28.8 Å². The van der Waals surface area contributed by atoms with Gasteiger partial charge in [0.25, 0.3) is 5.91 Å². The van der Waals surface area contributed by atoms with Gasteiger partial charge in [-0.2, -0.15) is 13.2 Å². The van der Waals surface area contributed by atoms with E-state index in [9.17, 15) is 22.8 Å². The van der Waals surface area contributed by atoms with Crippen LogP contribution in [-0.4, -0.2) is 34.5 Å². The molecule has 3 aromatic rings. The molecule has 2 aromatic heterocycles. The van der Waals surface area contributed by atoms with Crippen LogP contribution in [0.25, 0.3) is 5.69 Å². The Morgan fingerprint density at radius 2 is 1.97 bits per heavy atom. The number of hydrogen-bond donors (Lipinski definition) is 0. The van der Waals surface area contributed by atoms with Gasteiger partial charge >= 0.3 is 6.18 Å². The SMILES string of the molecule is Cc1cc(=O)c(C(=O)N(C)C)c2n1-c1cc(C(F)(F)F)ccc1SC(c1cccnc1)C2. The zero-order valence-corrected chi connectivity index (χ0v) is 18.4. The molecule has 0 spiro atoms. The van der Waals surface area contributed by atoms with Crippen LogP contribution in [0.5, 0.6) is 0 Å². The van der Waals surface area contributed by atoms with Gasteiger partial charge in [0.1, 0.15) is 5.56 Å². The molecule has 1 aliphatic heterocycles. The number of halogens is 3. The fourth-order valence-electron chi connectivity index (χ4n) is 3.87. The topological polar surface area (TPSA) is 55.2 Å². The fourth-order valence-corrected chi connectivity index (χ4v) is 5.11. The number of rotatable bonds is 2. The molecule has 32 heavy (non-hydrogen) atoms. The second kappa shape index (κ2) is 8.12. The predicted octanol–water partition coefficient (Wildman–Crippen LogP) is 4.65. The van der Waals surface area contributed by atoms with Gasteiger partial charge in [0.2, 0.25) is 0 Å². The number of carbonyl (C=O) groups excluding carboxylic acids is 1. The second-order valence-electron chi connectivity index (χ2n) is 7.78. The van der Waals surface area contributed by atoms with Crippen LogP contribution in [0, 0.1) is 6.92 Å². The average molecular weight is 459 g/mol. The van der Waals surface area contributed by atoms with E-state index in [0.29, 0.717) is 22.0 Å². The molecule has 1 unspecified atom stereocenters. The van der Waals surface area contributed by atoms with E-state index in [1.807, 2.05) is 6.07 Å². The van der Waals surface area contributed by atoms with Crippen LogP contribution < -0.4 is 5.43 Å². The molecule has 0 bridgehead atoms. The van der Waals surface area contributed by atoms with Gasteiger partial charge in [0.05, 0.1) is 11.3 Å². The third-order valence-corrected chi connectivity index (χ3v) is 6.67. The maximum absolute atomic E-state index is 13.5. The molecule has 4 rings (SSSR count). The molecule has 0 saturated carbocycles. The Bertz CT molecular complexity index is 1250. The summed E-state index contributed by atoms with van der Waals surface area (Å²) in [6.07, 6.45) is -0.918. The molecule has 0 radical (unpaired) electrons. The van der Waals surface area contributed by atoms with E-state index >= 15 is 0 Å². The first-order valence-corrected chi connectivity index (χ1v) is 10.7. The van der Waals surface area contributed by atoms with Crippen LogP contribution in [0.1, 0.15) is 38.1 Å². The first-order valence-electron chi connectivity index (χ1n) is 9.83. The predicted molar refractivity (Wildman–Crippen MR) is 116 cm³/mol. The summed E-state index contributed by atoms with van der Waals surface area (Å²) >= 11 is 1.40. The summed E-state index contributed by atoms with van der Waals surface area (Å²) in [5.74, 6) is -0.482. The summed E-state index contributed by atoms with van der Waals surface area (Å²) < 4.78 is 42.2. The lowest BCUT2D eigenvalue weighted by Gasteiger charge is -2.22. The molecule has 3 heterocycles. The third-order valence-electron chi connectivity index (χ3n) is 5.35. The van der Waals surface area contributed by atoms with Crippen molar-refractivity contribution in [1.29, 1.82) is 0 Å². The normalized spacial score (nSPS) is 15.5. The number of pyridine rings is 2. The van der Waals surface area contributed by atoms with Gasteiger partial charge in [0.15, 0.2) is 5.43 Å². The molecule has 1 amide bonds. The zero-order chi connectivity index (χ0) is 23.2. The highest BCUT2D eigenvalue weighted by Crippen LogP contribution is 2.45. The van der Waals surface area contributed by atoms with Crippen molar-refractivity contribution in [3.05, 3.63) is 87.1 Å². The summed E-state index contributed by atoms with van der Waals surface area (Å²) in [6.45, 7) is 1.66. The second-order valence-corrected chi connectivity index (χ2v) is 9.03. The quantitative estimate of drug-likeness (QED) is 0.560. The summed E-state index contributed by atoms with van der Waals surface area (Å²) in [6, 6.07) is 8.56. The number of hydrogen-bond acceptors (Lipinski definition) is 4. The molecule has 1 aromatic carbocycles. The lowest BCUT2D eigenvalue weighted by atomic mass is 10.0. The zero-order valence-electron chi connectivity index (χ0n) is 17.6. The van der Waals surface area contributed by atoms with Crippen molar-refractivity contribution in [2.75, 3.05) is 14.1 Å². The van der Waals surface area contributed by atoms with E-state index in [4.69, 9.17) is 0 Å². The van der Waals surface area contributed by atoms with Crippen molar-refractivity contribution in [1.82, 2.24) is 14.5 Å². The summed E-state index contributed by atoms with van der Waals surface area (Å²) in [7, 11) is 3.08. The standard InChI is InChI=1S/C23H20F3N3O2S/c1-13-9-18(30)21(22(31)28(2)3)17-11-20(14-5-4-8-27-12-14)32-19-7-6-15(23(24,25)26)10-16(19)29(13)17/h4-10,12,20H,11H2,1-3H3. The van der Waals surface area contributed by atoms with Crippen LogP contribution in [-0.2, 0) is 12.6 Å².